The molecule has 1 rings (SSSR count). The van der Waals surface area contributed by atoms with Gasteiger partial charge >= 0.3 is 6.18 Å². The van der Waals surface area contributed by atoms with Gasteiger partial charge in [0.1, 0.15) is 10.9 Å². The summed E-state index contributed by atoms with van der Waals surface area (Å²) in [6.07, 6.45) is -4.95. The van der Waals surface area contributed by atoms with Gasteiger partial charge in [-0.25, -0.2) is 0 Å². The number of nitrogens with zero attached hydrogens (tertiary/aromatic N) is 2. The van der Waals surface area contributed by atoms with Crippen LogP contribution in [0.4, 0.5) is 13.2 Å². The molecule has 0 fully saturated rings. The van der Waals surface area contributed by atoms with Gasteiger partial charge in [-0.3, -0.25) is 9.48 Å². The van der Waals surface area contributed by atoms with Crippen LogP contribution in [0.5, 0.6) is 0 Å². The van der Waals surface area contributed by atoms with E-state index in [1.165, 1.54) is 14.0 Å². The molecule has 0 saturated heterocycles. The summed E-state index contributed by atoms with van der Waals surface area (Å²) in [6.45, 7) is 1.20. The van der Waals surface area contributed by atoms with Gasteiger partial charge in [-0.05, 0) is 6.92 Å². The molecule has 0 radical (unpaired) electrons. The van der Waals surface area contributed by atoms with Gasteiger partial charge in [-0.15, -0.1) is 0 Å². The Hall–Kier alpha value is -1.04. The van der Waals surface area contributed by atoms with E-state index < -0.39 is 17.7 Å². The minimum Gasteiger partial charge on any atom is -0.300 e. The largest absolute Gasteiger partial charge is 0.435 e. The first-order chi connectivity index (χ1) is 6.73. The summed E-state index contributed by atoms with van der Waals surface area (Å²) in [5.74, 6) is -0.393. The zero-order valence-electron chi connectivity index (χ0n) is 8.02. The molecule has 0 aromatic carbocycles. The van der Waals surface area contributed by atoms with Crippen molar-refractivity contribution >= 4 is 17.4 Å². The Morgan fingerprint density at radius 2 is 2.07 bits per heavy atom. The number of halogens is 4. The lowest BCUT2D eigenvalue weighted by molar-refractivity contribution is -0.142. The highest BCUT2D eigenvalue weighted by Crippen LogP contribution is 2.34. The number of aryl methyl sites for hydroxylation is 1. The van der Waals surface area contributed by atoms with Crippen molar-refractivity contribution in [2.45, 2.75) is 19.5 Å². The lowest BCUT2D eigenvalue weighted by atomic mass is 10.1. The van der Waals surface area contributed by atoms with Crippen molar-refractivity contribution in [2.24, 2.45) is 7.05 Å². The number of ketones is 1. The molecule has 0 bridgehead atoms. The molecule has 0 atom stereocenters. The Bertz CT molecular complexity index is 397. The minimum atomic E-state index is -4.59. The van der Waals surface area contributed by atoms with Crippen molar-refractivity contribution in [3.63, 3.8) is 0 Å². The average Bonchev–Trinajstić information content (AvgIpc) is 2.30. The van der Waals surface area contributed by atoms with Crippen LogP contribution in [0.2, 0.25) is 5.15 Å². The third-order valence-corrected chi connectivity index (χ3v) is 2.24. The number of hydrogen-bond acceptors (Lipinski definition) is 2. The van der Waals surface area contributed by atoms with Crippen molar-refractivity contribution in [1.82, 2.24) is 9.78 Å². The van der Waals surface area contributed by atoms with E-state index in [0.717, 1.165) is 4.68 Å². The van der Waals surface area contributed by atoms with Crippen LogP contribution in [0.15, 0.2) is 0 Å². The van der Waals surface area contributed by atoms with Gasteiger partial charge in [0.05, 0.1) is 0 Å². The summed E-state index contributed by atoms with van der Waals surface area (Å²) in [7, 11) is 1.29. The Morgan fingerprint density at radius 1 is 1.53 bits per heavy atom. The van der Waals surface area contributed by atoms with E-state index in [4.69, 9.17) is 11.6 Å². The molecule has 7 heteroatoms. The summed E-state index contributed by atoms with van der Waals surface area (Å²) in [5.41, 5.74) is -1.36. The highest BCUT2D eigenvalue weighted by atomic mass is 35.5. The van der Waals surface area contributed by atoms with Gasteiger partial charge in [0, 0.05) is 19.0 Å². The fourth-order valence-corrected chi connectivity index (χ4v) is 1.37. The standard InChI is InChI=1S/C8H8ClF3N2O/c1-4(15)3-5-6(8(10,11)12)13-14(2)7(5)9/h3H2,1-2H3. The monoisotopic (exact) mass is 240 g/mol. The molecule has 0 amide bonds. The van der Waals surface area contributed by atoms with E-state index in [0.29, 0.717) is 0 Å². The molecule has 1 heterocycles. The molecule has 0 N–H and O–H groups in total. The first-order valence-electron chi connectivity index (χ1n) is 4.01. The molecule has 15 heavy (non-hydrogen) atoms. The van der Waals surface area contributed by atoms with E-state index >= 15 is 0 Å². The normalized spacial score (nSPS) is 11.9. The van der Waals surface area contributed by atoms with Crippen molar-refractivity contribution in [2.75, 3.05) is 0 Å². The number of carbonyl (C=O) groups excluding carboxylic acids is 1. The molecular weight excluding hydrogens is 233 g/mol. The molecule has 0 saturated carbocycles. The number of hydrogen-bond donors (Lipinski definition) is 0. The van der Waals surface area contributed by atoms with E-state index in [1.54, 1.807) is 0 Å². The van der Waals surface area contributed by atoms with Crippen LogP contribution in [0.1, 0.15) is 18.2 Å². The number of Topliss-reactive ketones (excluding diaryl/α,β-unsaturated/α-hetero) is 1. The van der Waals surface area contributed by atoms with Crippen LogP contribution in [-0.4, -0.2) is 15.6 Å². The van der Waals surface area contributed by atoms with Crippen molar-refractivity contribution in [3.8, 4) is 0 Å². The predicted molar refractivity (Wildman–Crippen MR) is 47.6 cm³/mol. The fourth-order valence-electron chi connectivity index (χ4n) is 1.18. The molecule has 0 unspecified atom stereocenters. The third kappa shape index (κ3) is 2.50. The zero-order chi connectivity index (χ0) is 11.8. The number of rotatable bonds is 2. The minimum absolute atomic E-state index is 0.155. The Labute approximate surface area is 88.8 Å². The first kappa shape index (κ1) is 12.0. The predicted octanol–water partition coefficient (Wildman–Crippen LogP) is 2.22. The third-order valence-electron chi connectivity index (χ3n) is 1.76. The Balaban J connectivity index is 3.27. The quantitative estimate of drug-likeness (QED) is 0.795. The fraction of sp³-hybridized carbons (Fsp3) is 0.500. The SMILES string of the molecule is CC(=O)Cc1c(C(F)(F)F)nn(C)c1Cl. The lowest BCUT2D eigenvalue weighted by Crippen LogP contribution is -2.11. The second-order valence-electron chi connectivity index (χ2n) is 3.12. The van der Waals surface area contributed by atoms with E-state index in [1.807, 2.05) is 0 Å². The van der Waals surface area contributed by atoms with Crippen LogP contribution in [-0.2, 0) is 24.4 Å². The van der Waals surface area contributed by atoms with Gasteiger partial charge in [0.15, 0.2) is 5.69 Å². The van der Waals surface area contributed by atoms with Gasteiger partial charge in [0.25, 0.3) is 0 Å². The van der Waals surface area contributed by atoms with Crippen LogP contribution in [0.25, 0.3) is 0 Å². The Kier molecular flexibility index (Phi) is 3.08. The van der Waals surface area contributed by atoms with Gasteiger partial charge in [-0.2, -0.15) is 18.3 Å². The van der Waals surface area contributed by atoms with E-state index in [2.05, 4.69) is 5.10 Å². The highest BCUT2D eigenvalue weighted by Gasteiger charge is 2.38. The van der Waals surface area contributed by atoms with Crippen LogP contribution in [0.3, 0.4) is 0 Å². The molecule has 0 aliphatic rings. The molecule has 0 aliphatic heterocycles. The summed E-state index contributed by atoms with van der Waals surface area (Å²) < 4.78 is 38.2. The number of carbonyl (C=O) groups is 1. The summed E-state index contributed by atoms with van der Waals surface area (Å²) in [5, 5.41) is 3.09. The molecule has 0 spiro atoms. The van der Waals surface area contributed by atoms with Crippen molar-refractivity contribution < 1.29 is 18.0 Å². The van der Waals surface area contributed by atoms with E-state index in [9.17, 15) is 18.0 Å². The van der Waals surface area contributed by atoms with E-state index in [-0.39, 0.29) is 17.1 Å². The number of aromatic nitrogens is 2. The van der Waals surface area contributed by atoms with Crippen LogP contribution < -0.4 is 0 Å². The maximum atomic E-state index is 12.4. The highest BCUT2D eigenvalue weighted by molar-refractivity contribution is 6.30. The van der Waals surface area contributed by atoms with Gasteiger partial charge in [0.2, 0.25) is 0 Å². The summed E-state index contributed by atoms with van der Waals surface area (Å²) in [4.78, 5) is 10.8. The smallest absolute Gasteiger partial charge is 0.300 e. The molecule has 84 valence electrons. The van der Waals surface area contributed by atoms with Gasteiger partial charge in [-0.1, -0.05) is 11.6 Å². The molecular formula is C8H8ClF3N2O. The van der Waals surface area contributed by atoms with Crippen molar-refractivity contribution in [1.29, 1.82) is 0 Å². The lowest BCUT2D eigenvalue weighted by Gasteiger charge is -2.04. The van der Waals surface area contributed by atoms with Crippen LogP contribution in [0, 0.1) is 0 Å². The maximum Gasteiger partial charge on any atom is 0.435 e. The topological polar surface area (TPSA) is 34.9 Å². The molecule has 1 aromatic rings. The van der Waals surface area contributed by atoms with Crippen molar-refractivity contribution in [3.05, 3.63) is 16.4 Å². The van der Waals surface area contributed by atoms with Crippen LogP contribution >= 0.6 is 11.6 Å². The molecule has 3 nitrogen and oxygen atoms in total. The molecule has 0 aliphatic carbocycles. The summed E-state index contributed by atoms with van der Waals surface area (Å²) in [6, 6.07) is 0. The van der Waals surface area contributed by atoms with Gasteiger partial charge < -0.3 is 0 Å². The second kappa shape index (κ2) is 3.84. The molecule has 1 aromatic heterocycles. The summed E-state index contributed by atoms with van der Waals surface area (Å²) >= 11 is 5.61. The zero-order valence-corrected chi connectivity index (χ0v) is 8.78. The first-order valence-corrected chi connectivity index (χ1v) is 4.39. The average molecular weight is 241 g/mol. The second-order valence-corrected chi connectivity index (χ2v) is 3.48. The Morgan fingerprint density at radius 3 is 2.47 bits per heavy atom. The maximum absolute atomic E-state index is 12.4. The number of alkyl halides is 3.